The fourth-order valence-electron chi connectivity index (χ4n) is 3.70. The van der Waals surface area contributed by atoms with Gasteiger partial charge >= 0.3 is 0 Å². The molecule has 148 valence electrons. The molecular formula is C21H24ClN3O2S. The first-order valence-corrected chi connectivity index (χ1v) is 11.4. The van der Waals surface area contributed by atoms with E-state index in [1.165, 1.54) is 0 Å². The van der Waals surface area contributed by atoms with Crippen molar-refractivity contribution in [1.82, 2.24) is 14.8 Å². The Bertz CT molecular complexity index is 1070. The number of piperazine rings is 1. The minimum Gasteiger partial charge on any atom is -0.357 e. The number of para-hydroxylation sites is 1. The summed E-state index contributed by atoms with van der Waals surface area (Å²) in [6.07, 6.45) is 0. The lowest BCUT2D eigenvalue weighted by molar-refractivity contribution is 0.148. The van der Waals surface area contributed by atoms with Crippen molar-refractivity contribution >= 4 is 32.3 Å². The van der Waals surface area contributed by atoms with Crippen LogP contribution >= 0.6 is 11.6 Å². The predicted octanol–water partition coefficient (Wildman–Crippen LogP) is 3.54. The normalized spacial score (nSPS) is 16.6. The summed E-state index contributed by atoms with van der Waals surface area (Å²) in [6.45, 7) is 4.78. The number of H-pyrrole nitrogens is 1. The van der Waals surface area contributed by atoms with E-state index in [9.17, 15) is 8.42 Å². The lowest BCUT2D eigenvalue weighted by Crippen LogP contribution is -2.44. The summed E-state index contributed by atoms with van der Waals surface area (Å²) in [6, 6.07) is 14.4. The summed E-state index contributed by atoms with van der Waals surface area (Å²) >= 11 is 5.91. The Balaban J connectivity index is 1.67. The van der Waals surface area contributed by atoms with Crippen molar-refractivity contribution in [3.05, 3.63) is 64.8 Å². The molecule has 0 radical (unpaired) electrons. The van der Waals surface area contributed by atoms with Gasteiger partial charge in [0, 0.05) is 54.3 Å². The number of benzene rings is 2. The molecular weight excluding hydrogens is 394 g/mol. The molecule has 1 aliphatic heterocycles. The van der Waals surface area contributed by atoms with Crippen LogP contribution in [0.4, 0.5) is 0 Å². The van der Waals surface area contributed by atoms with E-state index in [4.69, 9.17) is 11.6 Å². The number of nitrogens with zero attached hydrogens (tertiary/aromatic N) is 2. The molecule has 2 heterocycles. The highest BCUT2D eigenvalue weighted by atomic mass is 35.5. The number of hydrogen-bond acceptors (Lipinski definition) is 4. The van der Waals surface area contributed by atoms with E-state index in [1.54, 1.807) is 24.3 Å². The van der Waals surface area contributed by atoms with Crippen LogP contribution in [0.25, 0.3) is 10.9 Å². The molecule has 28 heavy (non-hydrogen) atoms. The zero-order valence-corrected chi connectivity index (χ0v) is 17.4. The van der Waals surface area contributed by atoms with E-state index in [0.717, 1.165) is 54.9 Å². The number of nitrogens with one attached hydrogen (secondary N) is 1. The summed E-state index contributed by atoms with van der Waals surface area (Å²) in [7, 11) is -1.33. The van der Waals surface area contributed by atoms with Gasteiger partial charge in [-0.3, -0.25) is 4.90 Å². The van der Waals surface area contributed by atoms with Gasteiger partial charge in [-0.25, -0.2) is 8.42 Å². The first-order valence-electron chi connectivity index (χ1n) is 9.40. The highest BCUT2D eigenvalue weighted by Gasteiger charge is 2.23. The third-order valence-corrected chi connectivity index (χ3v) is 7.30. The van der Waals surface area contributed by atoms with Crippen LogP contribution in [0.3, 0.4) is 0 Å². The van der Waals surface area contributed by atoms with Crippen molar-refractivity contribution < 1.29 is 8.42 Å². The summed E-state index contributed by atoms with van der Waals surface area (Å²) in [5, 5.41) is 1.63. The van der Waals surface area contributed by atoms with E-state index in [-0.39, 0.29) is 5.75 Å². The Morgan fingerprint density at radius 1 is 1.00 bits per heavy atom. The summed E-state index contributed by atoms with van der Waals surface area (Å²) in [5.41, 5.74) is 2.83. The van der Waals surface area contributed by atoms with Gasteiger partial charge in [0.1, 0.15) is 0 Å². The molecule has 1 aromatic heterocycles. The molecule has 1 aliphatic rings. The molecule has 0 unspecified atom stereocenters. The largest absolute Gasteiger partial charge is 0.357 e. The number of hydrogen-bond donors (Lipinski definition) is 1. The molecule has 7 heteroatoms. The molecule has 5 nitrogen and oxygen atoms in total. The monoisotopic (exact) mass is 417 g/mol. The van der Waals surface area contributed by atoms with Gasteiger partial charge in [0.05, 0.1) is 10.6 Å². The van der Waals surface area contributed by atoms with Gasteiger partial charge in [0.15, 0.2) is 9.84 Å². The highest BCUT2D eigenvalue weighted by molar-refractivity contribution is 7.90. The SMILES string of the molecule is CN1CCN(Cc2c(CS(=O)(=O)c3ccc(Cl)cc3)[nH]c3ccccc23)CC1. The average molecular weight is 418 g/mol. The fraction of sp³-hybridized carbons (Fsp3) is 0.333. The lowest BCUT2D eigenvalue weighted by Gasteiger charge is -2.32. The standard InChI is InChI=1S/C21H24ClN3O2S/c1-24-10-12-25(13-11-24)14-19-18-4-2-3-5-20(18)23-21(19)15-28(26,27)17-8-6-16(22)7-9-17/h2-9,23H,10-15H2,1H3. The first-order chi connectivity index (χ1) is 13.4. The molecule has 2 aromatic carbocycles. The number of likely N-dealkylation sites (N-methyl/N-ethyl adjacent to an activating group) is 1. The van der Waals surface area contributed by atoms with Gasteiger partial charge < -0.3 is 9.88 Å². The van der Waals surface area contributed by atoms with Crippen molar-refractivity contribution in [1.29, 1.82) is 0 Å². The molecule has 0 atom stereocenters. The number of sulfone groups is 1. The second kappa shape index (κ2) is 7.87. The smallest absolute Gasteiger partial charge is 0.183 e. The van der Waals surface area contributed by atoms with Crippen LogP contribution in [0.2, 0.25) is 5.02 Å². The van der Waals surface area contributed by atoms with Crippen LogP contribution < -0.4 is 0 Å². The van der Waals surface area contributed by atoms with E-state index in [1.807, 2.05) is 18.2 Å². The Kier molecular flexibility index (Phi) is 5.47. The minimum atomic E-state index is -3.47. The Labute approximate surface area is 170 Å². The van der Waals surface area contributed by atoms with Gasteiger partial charge in [0.2, 0.25) is 0 Å². The first kappa shape index (κ1) is 19.5. The molecule has 0 amide bonds. The van der Waals surface area contributed by atoms with Crippen molar-refractivity contribution in [2.45, 2.75) is 17.2 Å². The van der Waals surface area contributed by atoms with Crippen molar-refractivity contribution in [3.63, 3.8) is 0 Å². The number of rotatable bonds is 5. The summed E-state index contributed by atoms with van der Waals surface area (Å²) in [5.74, 6) is -0.0492. The Hall–Kier alpha value is -1.86. The van der Waals surface area contributed by atoms with Gasteiger partial charge in [-0.05, 0) is 42.9 Å². The number of fused-ring (bicyclic) bond motifs is 1. The summed E-state index contributed by atoms with van der Waals surface area (Å²) < 4.78 is 26.0. The van der Waals surface area contributed by atoms with Crippen LogP contribution in [-0.4, -0.2) is 56.4 Å². The molecule has 1 fully saturated rings. The second-order valence-electron chi connectivity index (χ2n) is 7.42. The van der Waals surface area contributed by atoms with Crippen LogP contribution in [0, 0.1) is 0 Å². The third kappa shape index (κ3) is 4.10. The number of aromatic amines is 1. The maximum Gasteiger partial charge on any atom is 0.183 e. The molecule has 4 rings (SSSR count). The maximum atomic E-state index is 13.0. The van der Waals surface area contributed by atoms with Gasteiger partial charge in [0.25, 0.3) is 0 Å². The van der Waals surface area contributed by atoms with E-state index >= 15 is 0 Å². The topological polar surface area (TPSA) is 56.4 Å². The van der Waals surface area contributed by atoms with Crippen molar-refractivity contribution in [2.75, 3.05) is 33.2 Å². The van der Waals surface area contributed by atoms with Crippen LogP contribution in [0.15, 0.2) is 53.4 Å². The van der Waals surface area contributed by atoms with Gasteiger partial charge in [-0.15, -0.1) is 0 Å². The fourth-order valence-corrected chi connectivity index (χ4v) is 5.17. The zero-order valence-electron chi connectivity index (χ0n) is 15.9. The molecule has 0 bridgehead atoms. The second-order valence-corrected chi connectivity index (χ2v) is 9.85. The molecule has 3 aromatic rings. The number of halogens is 1. The van der Waals surface area contributed by atoms with E-state index < -0.39 is 9.84 Å². The van der Waals surface area contributed by atoms with Crippen LogP contribution in [-0.2, 0) is 22.1 Å². The van der Waals surface area contributed by atoms with Crippen LogP contribution in [0.1, 0.15) is 11.3 Å². The third-order valence-electron chi connectivity index (χ3n) is 5.39. The van der Waals surface area contributed by atoms with Gasteiger partial charge in [-0.2, -0.15) is 0 Å². The lowest BCUT2D eigenvalue weighted by atomic mass is 10.1. The molecule has 0 spiro atoms. The predicted molar refractivity (Wildman–Crippen MR) is 113 cm³/mol. The molecule has 1 saturated heterocycles. The maximum absolute atomic E-state index is 13.0. The van der Waals surface area contributed by atoms with Gasteiger partial charge in [-0.1, -0.05) is 29.8 Å². The van der Waals surface area contributed by atoms with Crippen molar-refractivity contribution in [3.8, 4) is 0 Å². The minimum absolute atomic E-state index is 0.0492. The van der Waals surface area contributed by atoms with Crippen LogP contribution in [0.5, 0.6) is 0 Å². The summed E-state index contributed by atoms with van der Waals surface area (Å²) in [4.78, 5) is 8.36. The van der Waals surface area contributed by atoms with E-state index in [2.05, 4.69) is 27.9 Å². The Morgan fingerprint density at radius 2 is 1.68 bits per heavy atom. The number of aromatic nitrogens is 1. The Morgan fingerprint density at radius 3 is 2.39 bits per heavy atom. The molecule has 1 N–H and O–H groups in total. The molecule has 0 saturated carbocycles. The average Bonchev–Trinajstić information content (AvgIpc) is 3.00. The highest BCUT2D eigenvalue weighted by Crippen LogP contribution is 2.28. The van der Waals surface area contributed by atoms with Crippen molar-refractivity contribution in [2.24, 2.45) is 0 Å². The van der Waals surface area contributed by atoms with E-state index in [0.29, 0.717) is 9.92 Å². The molecule has 0 aliphatic carbocycles. The quantitative estimate of drug-likeness (QED) is 0.689. The zero-order chi connectivity index (χ0) is 19.7.